The Morgan fingerprint density at radius 1 is 1.07 bits per heavy atom. The SMILES string of the molecule is CC(=O)C1=Cc2cc(C)c(-c3ccc(C(=O)N4CCCC4)cc3)cc2N=C(N)C1. The predicted molar refractivity (Wildman–Crippen MR) is 116 cm³/mol. The van der Waals surface area contributed by atoms with Gasteiger partial charge in [-0.15, -0.1) is 0 Å². The molecule has 1 amide bonds. The maximum absolute atomic E-state index is 12.6. The second-order valence-corrected chi connectivity index (χ2v) is 7.81. The zero-order valence-electron chi connectivity index (χ0n) is 16.9. The monoisotopic (exact) mass is 387 g/mol. The lowest BCUT2D eigenvalue weighted by Gasteiger charge is -2.16. The Kier molecular flexibility index (Phi) is 5.05. The highest BCUT2D eigenvalue weighted by atomic mass is 16.2. The summed E-state index contributed by atoms with van der Waals surface area (Å²) in [5.41, 5.74) is 12.2. The minimum Gasteiger partial charge on any atom is -0.387 e. The number of nitrogens with zero attached hydrogens (tertiary/aromatic N) is 2. The zero-order chi connectivity index (χ0) is 20.5. The van der Waals surface area contributed by atoms with Gasteiger partial charge in [-0.05, 0) is 73.7 Å². The number of ketones is 1. The first-order chi connectivity index (χ1) is 13.9. The predicted octanol–water partition coefficient (Wildman–Crippen LogP) is 4.26. The number of likely N-dealkylation sites (tertiary alicyclic amines) is 1. The van der Waals surface area contributed by atoms with E-state index in [0.29, 0.717) is 17.8 Å². The minimum atomic E-state index is 0.0102. The van der Waals surface area contributed by atoms with E-state index in [1.807, 2.05) is 54.3 Å². The molecule has 2 aromatic carbocycles. The van der Waals surface area contributed by atoms with Crippen LogP contribution in [0.4, 0.5) is 5.69 Å². The first-order valence-corrected chi connectivity index (χ1v) is 10.0. The number of nitrogens with two attached hydrogens (primary N) is 1. The van der Waals surface area contributed by atoms with Crippen molar-refractivity contribution >= 4 is 29.3 Å². The van der Waals surface area contributed by atoms with Crippen molar-refractivity contribution < 1.29 is 9.59 Å². The molecule has 2 aliphatic heterocycles. The molecule has 2 aliphatic rings. The molecule has 0 aliphatic carbocycles. The molecule has 2 aromatic rings. The third-order valence-corrected chi connectivity index (χ3v) is 5.63. The summed E-state index contributed by atoms with van der Waals surface area (Å²) in [6.45, 7) is 5.29. The standard InChI is InChI=1S/C24H25N3O2/c1-15-11-20-12-19(16(2)28)13-23(25)26-22(20)14-21(15)17-5-7-18(8-6-17)24(29)27-9-3-4-10-27/h5-8,11-12,14H,3-4,9-10,13H2,1-2H3,(H2,25,26). The first-order valence-electron chi connectivity index (χ1n) is 10.0. The molecule has 1 saturated heterocycles. The number of amides is 1. The maximum Gasteiger partial charge on any atom is 0.253 e. The Hall–Kier alpha value is -3.21. The molecule has 0 radical (unpaired) electrons. The number of aryl methyl sites for hydroxylation is 1. The number of amidine groups is 1. The molecule has 0 unspecified atom stereocenters. The van der Waals surface area contributed by atoms with Crippen LogP contribution in [0.15, 0.2) is 47.0 Å². The van der Waals surface area contributed by atoms with Gasteiger partial charge in [-0.3, -0.25) is 9.59 Å². The molecule has 148 valence electrons. The van der Waals surface area contributed by atoms with Crippen molar-refractivity contribution in [3.05, 3.63) is 58.7 Å². The third kappa shape index (κ3) is 3.86. The average molecular weight is 387 g/mol. The molecule has 0 bridgehead atoms. The van der Waals surface area contributed by atoms with Gasteiger partial charge in [0.1, 0.15) is 5.84 Å². The van der Waals surface area contributed by atoms with Crippen LogP contribution in [0.5, 0.6) is 0 Å². The van der Waals surface area contributed by atoms with Gasteiger partial charge in [-0.1, -0.05) is 12.1 Å². The number of carbonyl (C=O) groups excluding carboxylic acids is 2. The first kappa shape index (κ1) is 19.1. The molecule has 2 N–H and O–H groups in total. The van der Waals surface area contributed by atoms with E-state index in [1.54, 1.807) is 6.92 Å². The summed E-state index contributed by atoms with van der Waals surface area (Å²) in [6, 6.07) is 11.8. The Morgan fingerprint density at radius 2 is 1.76 bits per heavy atom. The summed E-state index contributed by atoms with van der Waals surface area (Å²) < 4.78 is 0. The fourth-order valence-corrected chi connectivity index (χ4v) is 3.99. The molecule has 5 nitrogen and oxygen atoms in total. The van der Waals surface area contributed by atoms with Crippen LogP contribution >= 0.6 is 0 Å². The van der Waals surface area contributed by atoms with Crippen molar-refractivity contribution in [2.75, 3.05) is 13.1 Å². The lowest BCUT2D eigenvalue weighted by Crippen LogP contribution is -2.27. The van der Waals surface area contributed by atoms with Crippen LogP contribution in [0, 0.1) is 6.92 Å². The van der Waals surface area contributed by atoms with Crippen LogP contribution in [0.3, 0.4) is 0 Å². The van der Waals surface area contributed by atoms with E-state index in [9.17, 15) is 9.59 Å². The Balaban J connectivity index is 1.69. The van der Waals surface area contributed by atoms with Crippen molar-refractivity contribution in [3.63, 3.8) is 0 Å². The summed E-state index contributed by atoms with van der Waals surface area (Å²) in [4.78, 5) is 30.9. The maximum atomic E-state index is 12.6. The smallest absolute Gasteiger partial charge is 0.253 e. The van der Waals surface area contributed by atoms with E-state index >= 15 is 0 Å². The van der Waals surface area contributed by atoms with E-state index in [1.165, 1.54) is 0 Å². The average Bonchev–Trinajstić information content (AvgIpc) is 3.18. The molecule has 29 heavy (non-hydrogen) atoms. The van der Waals surface area contributed by atoms with E-state index < -0.39 is 0 Å². The van der Waals surface area contributed by atoms with Gasteiger partial charge < -0.3 is 10.6 Å². The summed E-state index contributed by atoms with van der Waals surface area (Å²) in [5.74, 6) is 0.550. The number of benzene rings is 2. The van der Waals surface area contributed by atoms with Crippen LogP contribution in [-0.4, -0.2) is 35.5 Å². The summed E-state index contributed by atoms with van der Waals surface area (Å²) in [5, 5.41) is 0. The van der Waals surface area contributed by atoms with Gasteiger partial charge in [-0.25, -0.2) is 4.99 Å². The molecular weight excluding hydrogens is 362 g/mol. The number of carbonyl (C=O) groups is 2. The van der Waals surface area contributed by atoms with Crippen LogP contribution in [0.2, 0.25) is 0 Å². The normalized spacial score (nSPS) is 16.0. The van der Waals surface area contributed by atoms with Crippen LogP contribution in [0.25, 0.3) is 17.2 Å². The minimum absolute atomic E-state index is 0.0102. The number of Topliss-reactive ketones (excluding diaryl/α,β-unsaturated/α-hetero) is 1. The van der Waals surface area contributed by atoms with Gasteiger partial charge in [0.15, 0.2) is 5.78 Å². The van der Waals surface area contributed by atoms with Gasteiger partial charge in [0.25, 0.3) is 5.91 Å². The van der Waals surface area contributed by atoms with Gasteiger partial charge in [0, 0.05) is 36.2 Å². The second kappa shape index (κ2) is 7.66. The molecule has 0 saturated carbocycles. The Morgan fingerprint density at radius 3 is 2.41 bits per heavy atom. The fourth-order valence-electron chi connectivity index (χ4n) is 3.99. The van der Waals surface area contributed by atoms with Crippen molar-refractivity contribution in [2.24, 2.45) is 10.7 Å². The number of fused-ring (bicyclic) bond motifs is 1. The number of aliphatic imine (C=N–C) groups is 1. The molecule has 4 rings (SSSR count). The summed E-state index contributed by atoms with van der Waals surface area (Å²) in [6.07, 6.45) is 4.42. The largest absolute Gasteiger partial charge is 0.387 e. The molecular formula is C24H25N3O2. The van der Waals surface area contributed by atoms with Crippen LogP contribution < -0.4 is 5.73 Å². The van der Waals surface area contributed by atoms with E-state index in [2.05, 4.69) is 4.99 Å². The van der Waals surface area contributed by atoms with Gasteiger partial charge in [0.2, 0.25) is 0 Å². The van der Waals surface area contributed by atoms with E-state index in [-0.39, 0.29) is 11.7 Å². The highest BCUT2D eigenvalue weighted by Gasteiger charge is 2.20. The van der Waals surface area contributed by atoms with E-state index in [0.717, 1.165) is 59.4 Å². The Labute approximate surface area is 170 Å². The van der Waals surface area contributed by atoms with Crippen molar-refractivity contribution in [1.82, 2.24) is 4.90 Å². The van der Waals surface area contributed by atoms with Gasteiger partial charge in [-0.2, -0.15) is 0 Å². The molecule has 0 atom stereocenters. The zero-order valence-corrected chi connectivity index (χ0v) is 16.9. The van der Waals surface area contributed by atoms with E-state index in [4.69, 9.17) is 5.73 Å². The molecule has 1 fully saturated rings. The molecule has 0 aromatic heterocycles. The number of hydrogen-bond acceptors (Lipinski definition) is 4. The fraction of sp³-hybridized carbons (Fsp3) is 0.292. The molecule has 2 heterocycles. The van der Waals surface area contributed by atoms with Crippen LogP contribution in [0.1, 0.15) is 47.7 Å². The molecule has 0 spiro atoms. The van der Waals surface area contributed by atoms with Crippen LogP contribution in [-0.2, 0) is 4.79 Å². The third-order valence-electron chi connectivity index (χ3n) is 5.63. The van der Waals surface area contributed by atoms with Crippen molar-refractivity contribution in [1.29, 1.82) is 0 Å². The van der Waals surface area contributed by atoms with Crippen molar-refractivity contribution in [2.45, 2.75) is 33.1 Å². The lowest BCUT2D eigenvalue weighted by atomic mass is 9.95. The molecule has 5 heteroatoms. The highest BCUT2D eigenvalue weighted by molar-refractivity contribution is 6.05. The number of hydrogen-bond donors (Lipinski definition) is 1. The lowest BCUT2D eigenvalue weighted by molar-refractivity contribution is -0.113. The topological polar surface area (TPSA) is 75.8 Å². The second-order valence-electron chi connectivity index (χ2n) is 7.81. The highest BCUT2D eigenvalue weighted by Crippen LogP contribution is 2.34. The van der Waals surface area contributed by atoms with Gasteiger partial charge >= 0.3 is 0 Å². The summed E-state index contributed by atoms with van der Waals surface area (Å²) >= 11 is 0. The number of rotatable bonds is 3. The quantitative estimate of drug-likeness (QED) is 0.855. The van der Waals surface area contributed by atoms with Gasteiger partial charge in [0.05, 0.1) is 5.69 Å². The van der Waals surface area contributed by atoms with Crippen molar-refractivity contribution in [3.8, 4) is 11.1 Å². The Bertz CT molecular complexity index is 1040. The summed E-state index contributed by atoms with van der Waals surface area (Å²) in [7, 11) is 0.